The highest BCUT2D eigenvalue weighted by Crippen LogP contribution is 2.58. The summed E-state index contributed by atoms with van der Waals surface area (Å²) < 4.78 is 0. The Morgan fingerprint density at radius 1 is 0.433 bits per heavy atom. The molecule has 8 aromatic carbocycles. The van der Waals surface area contributed by atoms with Gasteiger partial charge in [0.05, 0.1) is 5.41 Å². The van der Waals surface area contributed by atoms with Crippen molar-refractivity contribution in [2.45, 2.75) is 58.3 Å². The molecule has 10 rings (SSSR count). The molecule has 1 heteroatoms. The largest absolute Gasteiger partial charge is 0.310 e. The highest BCUT2D eigenvalue weighted by Gasteiger charge is 2.46. The number of fused-ring (bicyclic) bond motifs is 6. The minimum absolute atomic E-state index is 0.0934. The second-order valence-electron chi connectivity index (χ2n) is 16.8. The maximum Gasteiger partial charge on any atom is 0.0713 e. The molecule has 0 N–H and O–H groups in total. The van der Waals surface area contributed by atoms with Crippen molar-refractivity contribution >= 4 is 29.2 Å². The van der Waals surface area contributed by atoms with E-state index in [4.69, 9.17) is 0 Å². The van der Waals surface area contributed by atoms with E-state index in [-0.39, 0.29) is 5.41 Å². The van der Waals surface area contributed by atoms with Crippen molar-refractivity contribution in [1.82, 2.24) is 0 Å². The standard InChI is InChI=1S/C59H51N/c1-6-58(7-2)55-38-43(31-34-50(55)51-35-33-48(39-56(51)58)60(47-25-15-10-16-26-47)49-36-40(3)42(5)41(4)37-49)30-32-44-20-19-29-54-57(44)52-27-17-18-28-53(52)59(54,45-21-11-8-12-22-45)46-23-13-9-14-24-46/h8-39H,6-7H2,1-5H3/b32-30+. The van der Waals surface area contributed by atoms with Crippen LogP contribution in [0.2, 0.25) is 0 Å². The molecule has 2 aliphatic carbocycles. The average Bonchev–Trinajstić information content (AvgIpc) is 3.76. The number of aryl methyl sites for hydroxylation is 2. The Labute approximate surface area is 356 Å². The van der Waals surface area contributed by atoms with Crippen LogP contribution in [0.15, 0.2) is 182 Å². The summed E-state index contributed by atoms with van der Waals surface area (Å²) in [6, 6.07) is 68.0. The van der Waals surface area contributed by atoms with Gasteiger partial charge in [-0.2, -0.15) is 0 Å². The van der Waals surface area contributed by atoms with Gasteiger partial charge in [-0.15, -0.1) is 0 Å². The molecule has 8 aromatic rings. The van der Waals surface area contributed by atoms with Crippen LogP contribution >= 0.6 is 0 Å². The molecule has 0 saturated carbocycles. The van der Waals surface area contributed by atoms with Crippen LogP contribution in [0.4, 0.5) is 17.1 Å². The van der Waals surface area contributed by atoms with Crippen molar-refractivity contribution in [2.75, 3.05) is 4.90 Å². The van der Waals surface area contributed by atoms with E-state index in [2.05, 4.69) is 234 Å². The monoisotopic (exact) mass is 773 g/mol. The summed E-state index contributed by atoms with van der Waals surface area (Å²) >= 11 is 0. The summed E-state index contributed by atoms with van der Waals surface area (Å²) in [5.74, 6) is 0. The van der Waals surface area contributed by atoms with Crippen molar-refractivity contribution in [3.05, 3.63) is 243 Å². The molecule has 0 heterocycles. The zero-order valence-corrected chi connectivity index (χ0v) is 35.3. The van der Waals surface area contributed by atoms with E-state index in [9.17, 15) is 0 Å². The molecule has 60 heavy (non-hydrogen) atoms. The Morgan fingerprint density at radius 3 is 1.65 bits per heavy atom. The van der Waals surface area contributed by atoms with Crippen LogP contribution in [-0.4, -0.2) is 0 Å². The molecule has 0 spiro atoms. The van der Waals surface area contributed by atoms with Crippen molar-refractivity contribution in [1.29, 1.82) is 0 Å². The summed E-state index contributed by atoms with van der Waals surface area (Å²) in [5, 5.41) is 0. The van der Waals surface area contributed by atoms with Crippen LogP contribution in [0.5, 0.6) is 0 Å². The third-order valence-electron chi connectivity index (χ3n) is 14.0. The van der Waals surface area contributed by atoms with Gasteiger partial charge < -0.3 is 4.90 Å². The first-order valence-corrected chi connectivity index (χ1v) is 21.6. The lowest BCUT2D eigenvalue weighted by atomic mass is 9.67. The first kappa shape index (κ1) is 37.6. The molecule has 1 nitrogen and oxygen atoms in total. The average molecular weight is 774 g/mol. The van der Waals surface area contributed by atoms with E-state index in [1.54, 1.807) is 0 Å². The highest BCUT2D eigenvalue weighted by molar-refractivity contribution is 5.93. The minimum atomic E-state index is -0.411. The molecule has 0 aromatic heterocycles. The topological polar surface area (TPSA) is 3.24 Å². The van der Waals surface area contributed by atoms with Gasteiger partial charge in [-0.1, -0.05) is 172 Å². The van der Waals surface area contributed by atoms with Crippen molar-refractivity contribution < 1.29 is 0 Å². The minimum Gasteiger partial charge on any atom is -0.310 e. The van der Waals surface area contributed by atoms with Gasteiger partial charge in [0.25, 0.3) is 0 Å². The number of hydrogen-bond donors (Lipinski definition) is 0. The number of hydrogen-bond acceptors (Lipinski definition) is 1. The summed E-state index contributed by atoms with van der Waals surface area (Å²) in [7, 11) is 0. The lowest BCUT2D eigenvalue weighted by molar-refractivity contribution is 0.490. The van der Waals surface area contributed by atoms with Gasteiger partial charge in [0.1, 0.15) is 0 Å². The van der Waals surface area contributed by atoms with E-state index in [0.29, 0.717) is 0 Å². The molecule has 0 amide bonds. The van der Waals surface area contributed by atoms with Gasteiger partial charge in [-0.05, 0) is 153 Å². The van der Waals surface area contributed by atoms with E-state index in [0.717, 1.165) is 12.8 Å². The number of para-hydroxylation sites is 1. The second kappa shape index (κ2) is 14.8. The Kier molecular flexibility index (Phi) is 9.29. The van der Waals surface area contributed by atoms with E-state index < -0.39 is 5.41 Å². The Bertz CT molecular complexity index is 2850. The van der Waals surface area contributed by atoms with Crippen LogP contribution in [0, 0.1) is 20.8 Å². The molecule has 2 aliphatic rings. The normalized spacial score (nSPS) is 14.1. The molecule has 0 fully saturated rings. The second-order valence-corrected chi connectivity index (χ2v) is 16.8. The van der Waals surface area contributed by atoms with Gasteiger partial charge in [0, 0.05) is 22.5 Å². The summed E-state index contributed by atoms with van der Waals surface area (Å²) in [6.45, 7) is 11.4. The Morgan fingerprint density at radius 2 is 1.00 bits per heavy atom. The SMILES string of the molecule is CCC1(CC)c2cc(/C=C/c3cccc4c3-c3ccccc3C4(c3ccccc3)c3ccccc3)ccc2-c2ccc(N(c3ccccc3)c3cc(C)c(C)c(C)c3)cc21. The van der Waals surface area contributed by atoms with E-state index in [1.807, 2.05) is 0 Å². The number of rotatable bonds is 9. The van der Waals surface area contributed by atoms with Crippen molar-refractivity contribution in [3.8, 4) is 22.3 Å². The maximum atomic E-state index is 2.49. The van der Waals surface area contributed by atoms with Crippen LogP contribution in [0.1, 0.15) is 87.9 Å². The van der Waals surface area contributed by atoms with Gasteiger partial charge in [0.2, 0.25) is 0 Å². The Balaban J connectivity index is 1.07. The van der Waals surface area contributed by atoms with Gasteiger partial charge >= 0.3 is 0 Å². The van der Waals surface area contributed by atoms with Crippen LogP contribution < -0.4 is 4.90 Å². The number of anilines is 3. The van der Waals surface area contributed by atoms with E-state index in [1.165, 1.54) is 101 Å². The summed E-state index contributed by atoms with van der Waals surface area (Å²) in [6.07, 6.45) is 6.75. The molecule has 0 saturated heterocycles. The van der Waals surface area contributed by atoms with Gasteiger partial charge in [0.15, 0.2) is 0 Å². The predicted molar refractivity (Wildman–Crippen MR) is 255 cm³/mol. The summed E-state index contributed by atoms with van der Waals surface area (Å²) in [5.41, 5.74) is 22.9. The zero-order valence-electron chi connectivity index (χ0n) is 35.3. The fourth-order valence-electron chi connectivity index (χ4n) is 10.8. The quantitative estimate of drug-likeness (QED) is 0.132. The van der Waals surface area contributed by atoms with Crippen molar-refractivity contribution in [3.63, 3.8) is 0 Å². The molecular weight excluding hydrogens is 723 g/mol. The molecule has 0 radical (unpaired) electrons. The molecule has 0 unspecified atom stereocenters. The summed E-state index contributed by atoms with van der Waals surface area (Å²) in [4.78, 5) is 2.44. The van der Waals surface area contributed by atoms with Crippen LogP contribution in [-0.2, 0) is 10.8 Å². The highest BCUT2D eigenvalue weighted by atomic mass is 15.1. The zero-order chi connectivity index (χ0) is 41.0. The molecular formula is C59H51N. The predicted octanol–water partition coefficient (Wildman–Crippen LogP) is 15.7. The van der Waals surface area contributed by atoms with E-state index >= 15 is 0 Å². The molecule has 0 aliphatic heterocycles. The fraction of sp³-hybridized carbons (Fsp3) is 0.153. The third kappa shape index (κ3) is 5.67. The number of benzene rings is 8. The first-order chi connectivity index (χ1) is 29.4. The first-order valence-electron chi connectivity index (χ1n) is 21.6. The third-order valence-corrected chi connectivity index (χ3v) is 14.0. The van der Waals surface area contributed by atoms with Crippen molar-refractivity contribution in [2.24, 2.45) is 0 Å². The molecule has 0 atom stereocenters. The smallest absolute Gasteiger partial charge is 0.0713 e. The van der Waals surface area contributed by atoms with Crippen LogP contribution in [0.25, 0.3) is 34.4 Å². The fourth-order valence-corrected chi connectivity index (χ4v) is 10.8. The Hall–Kier alpha value is -6.70. The molecule has 292 valence electrons. The number of nitrogens with zero attached hydrogens (tertiary/aromatic N) is 1. The maximum absolute atomic E-state index is 2.49. The lowest BCUT2D eigenvalue weighted by Crippen LogP contribution is -2.28. The molecule has 0 bridgehead atoms. The van der Waals surface area contributed by atoms with Crippen LogP contribution in [0.3, 0.4) is 0 Å². The van der Waals surface area contributed by atoms with Gasteiger partial charge in [-0.3, -0.25) is 0 Å². The lowest BCUT2D eigenvalue weighted by Gasteiger charge is -2.33. The van der Waals surface area contributed by atoms with Gasteiger partial charge in [-0.25, -0.2) is 0 Å².